The molecule has 4 rings (SSSR count). The Labute approximate surface area is 176 Å². The number of hydrogen-bond donors (Lipinski definition) is 0. The molecule has 1 atom stereocenters. The molecular formula is C22H28N6O2. The van der Waals surface area contributed by atoms with Gasteiger partial charge in [0.15, 0.2) is 0 Å². The van der Waals surface area contributed by atoms with E-state index >= 15 is 0 Å². The molecule has 1 aromatic carbocycles. The summed E-state index contributed by atoms with van der Waals surface area (Å²) in [7, 11) is 0. The number of ether oxygens (including phenoxy) is 1. The lowest BCUT2D eigenvalue weighted by molar-refractivity contribution is 0.0593. The van der Waals surface area contributed by atoms with Crippen molar-refractivity contribution in [1.29, 1.82) is 0 Å². The van der Waals surface area contributed by atoms with Gasteiger partial charge in [-0.05, 0) is 44.7 Å². The Bertz CT molecular complexity index is 951. The second kappa shape index (κ2) is 9.56. The van der Waals surface area contributed by atoms with Gasteiger partial charge >= 0.3 is 0 Å². The maximum Gasteiger partial charge on any atom is 0.257 e. The van der Waals surface area contributed by atoms with E-state index in [0.29, 0.717) is 12.2 Å². The predicted octanol–water partition coefficient (Wildman–Crippen LogP) is 3.16. The highest BCUT2D eigenvalue weighted by Gasteiger charge is 2.28. The standard InChI is InChI=1S/C22H28N6O2/c1-2-26-15-18(14-23-26)22(29)28-12-7-6-8-20(28)11-13-27-16-19(24-25-27)17-30-21-9-4-3-5-10-21/h3-5,9-10,14-16,20H,2,6-8,11-13,17H2,1H3. The van der Waals surface area contributed by atoms with Gasteiger partial charge in [0.05, 0.1) is 18.0 Å². The first kappa shape index (κ1) is 20.1. The molecule has 8 heteroatoms. The summed E-state index contributed by atoms with van der Waals surface area (Å²) in [4.78, 5) is 15.0. The molecule has 0 radical (unpaired) electrons. The fourth-order valence-corrected chi connectivity index (χ4v) is 3.85. The van der Waals surface area contributed by atoms with Gasteiger partial charge in [0.1, 0.15) is 18.1 Å². The molecule has 0 bridgehead atoms. The lowest BCUT2D eigenvalue weighted by atomic mass is 9.98. The van der Waals surface area contributed by atoms with E-state index in [1.54, 1.807) is 10.9 Å². The number of hydrogen-bond acceptors (Lipinski definition) is 5. The summed E-state index contributed by atoms with van der Waals surface area (Å²) in [6.07, 6.45) is 9.51. The lowest BCUT2D eigenvalue weighted by Crippen LogP contribution is -2.44. The first-order chi connectivity index (χ1) is 14.7. The van der Waals surface area contributed by atoms with Crippen LogP contribution in [0.2, 0.25) is 0 Å². The van der Waals surface area contributed by atoms with Crippen LogP contribution in [0.25, 0.3) is 0 Å². The van der Waals surface area contributed by atoms with Gasteiger partial charge < -0.3 is 9.64 Å². The minimum absolute atomic E-state index is 0.0786. The van der Waals surface area contributed by atoms with Crippen molar-refractivity contribution in [2.75, 3.05) is 6.54 Å². The fraction of sp³-hybridized carbons (Fsp3) is 0.455. The quantitative estimate of drug-likeness (QED) is 0.572. The highest BCUT2D eigenvalue weighted by Crippen LogP contribution is 2.22. The number of aryl methyl sites for hydroxylation is 2. The molecule has 158 valence electrons. The summed E-state index contributed by atoms with van der Waals surface area (Å²) < 4.78 is 9.37. The van der Waals surface area contributed by atoms with E-state index in [4.69, 9.17) is 4.74 Å². The number of carbonyl (C=O) groups is 1. The molecule has 1 aliphatic rings. The summed E-state index contributed by atoms with van der Waals surface area (Å²) >= 11 is 0. The van der Waals surface area contributed by atoms with Gasteiger partial charge in [-0.1, -0.05) is 23.4 Å². The summed E-state index contributed by atoms with van der Waals surface area (Å²) in [5.41, 5.74) is 1.47. The fourth-order valence-electron chi connectivity index (χ4n) is 3.85. The predicted molar refractivity (Wildman–Crippen MR) is 112 cm³/mol. The first-order valence-electron chi connectivity index (χ1n) is 10.6. The molecule has 0 aliphatic carbocycles. The Kier molecular flexibility index (Phi) is 6.41. The van der Waals surface area contributed by atoms with Crippen LogP contribution in [0.1, 0.15) is 48.7 Å². The van der Waals surface area contributed by atoms with Gasteiger partial charge in [0.25, 0.3) is 5.91 Å². The topological polar surface area (TPSA) is 78.1 Å². The van der Waals surface area contributed by atoms with E-state index in [1.807, 2.05) is 59.2 Å². The second-order valence-corrected chi connectivity index (χ2v) is 7.60. The van der Waals surface area contributed by atoms with Crippen LogP contribution in [0.3, 0.4) is 0 Å². The smallest absolute Gasteiger partial charge is 0.257 e. The van der Waals surface area contributed by atoms with E-state index in [1.165, 1.54) is 0 Å². The molecule has 1 unspecified atom stereocenters. The molecular weight excluding hydrogens is 380 g/mol. The zero-order valence-electron chi connectivity index (χ0n) is 17.4. The Morgan fingerprint density at radius 3 is 2.83 bits per heavy atom. The van der Waals surface area contributed by atoms with Crippen LogP contribution in [-0.2, 0) is 19.7 Å². The molecule has 0 spiro atoms. The summed E-state index contributed by atoms with van der Waals surface area (Å²) in [6.45, 7) is 4.69. The van der Waals surface area contributed by atoms with Crippen LogP contribution >= 0.6 is 0 Å². The van der Waals surface area contributed by atoms with E-state index in [0.717, 1.165) is 56.8 Å². The molecule has 1 aliphatic heterocycles. The van der Waals surface area contributed by atoms with Crippen LogP contribution in [0, 0.1) is 0 Å². The summed E-state index contributed by atoms with van der Waals surface area (Å²) in [5.74, 6) is 0.893. The Morgan fingerprint density at radius 1 is 1.17 bits per heavy atom. The molecule has 8 nitrogen and oxygen atoms in total. The molecule has 3 aromatic rings. The SMILES string of the molecule is CCn1cc(C(=O)N2CCCCC2CCn2cc(COc3ccccc3)nn2)cn1. The minimum atomic E-state index is 0.0786. The number of piperidine rings is 1. The molecule has 3 heterocycles. The molecule has 2 aromatic heterocycles. The Hall–Kier alpha value is -3.16. The van der Waals surface area contributed by atoms with E-state index in [-0.39, 0.29) is 11.9 Å². The van der Waals surface area contributed by atoms with Gasteiger partial charge in [-0.15, -0.1) is 5.10 Å². The summed E-state index contributed by atoms with van der Waals surface area (Å²) in [5, 5.41) is 12.7. The first-order valence-corrected chi connectivity index (χ1v) is 10.6. The summed E-state index contributed by atoms with van der Waals surface area (Å²) in [6, 6.07) is 9.89. The van der Waals surface area contributed by atoms with Gasteiger partial charge in [0.2, 0.25) is 0 Å². The maximum atomic E-state index is 13.0. The van der Waals surface area contributed by atoms with Crippen molar-refractivity contribution in [2.24, 2.45) is 0 Å². The van der Waals surface area contributed by atoms with Crippen LogP contribution < -0.4 is 4.74 Å². The van der Waals surface area contributed by atoms with Crippen molar-refractivity contribution in [3.05, 3.63) is 60.2 Å². The van der Waals surface area contributed by atoms with Crippen LogP contribution in [-0.4, -0.2) is 48.2 Å². The van der Waals surface area contributed by atoms with Gasteiger partial charge in [-0.3, -0.25) is 14.2 Å². The number of aromatic nitrogens is 5. The number of para-hydroxylation sites is 1. The van der Waals surface area contributed by atoms with Crippen LogP contribution in [0.15, 0.2) is 48.9 Å². The normalized spacial score (nSPS) is 16.6. The number of nitrogens with zero attached hydrogens (tertiary/aromatic N) is 6. The lowest BCUT2D eigenvalue weighted by Gasteiger charge is -2.35. The maximum absolute atomic E-state index is 13.0. The van der Waals surface area contributed by atoms with Crippen LogP contribution in [0.5, 0.6) is 5.75 Å². The van der Waals surface area contributed by atoms with Crippen molar-refractivity contribution < 1.29 is 9.53 Å². The van der Waals surface area contributed by atoms with Gasteiger partial charge in [-0.25, -0.2) is 0 Å². The number of rotatable bonds is 8. The average Bonchev–Trinajstić information content (AvgIpc) is 3.46. The van der Waals surface area contributed by atoms with Crippen molar-refractivity contribution in [3.63, 3.8) is 0 Å². The number of carbonyl (C=O) groups excluding carboxylic acids is 1. The third kappa shape index (κ3) is 4.87. The highest BCUT2D eigenvalue weighted by atomic mass is 16.5. The van der Waals surface area contributed by atoms with Crippen molar-refractivity contribution in [3.8, 4) is 5.75 Å². The van der Waals surface area contributed by atoms with Gasteiger partial charge in [0, 0.05) is 31.9 Å². The van der Waals surface area contributed by atoms with Crippen LogP contribution in [0.4, 0.5) is 0 Å². The number of amides is 1. The third-order valence-corrected chi connectivity index (χ3v) is 5.50. The zero-order valence-corrected chi connectivity index (χ0v) is 17.4. The zero-order chi connectivity index (χ0) is 20.8. The monoisotopic (exact) mass is 408 g/mol. The second-order valence-electron chi connectivity index (χ2n) is 7.60. The highest BCUT2D eigenvalue weighted by molar-refractivity contribution is 5.94. The molecule has 0 N–H and O–H groups in total. The molecule has 30 heavy (non-hydrogen) atoms. The molecule has 1 fully saturated rings. The van der Waals surface area contributed by atoms with E-state index < -0.39 is 0 Å². The Morgan fingerprint density at radius 2 is 2.03 bits per heavy atom. The number of likely N-dealkylation sites (tertiary alicyclic amines) is 1. The van der Waals surface area contributed by atoms with E-state index in [9.17, 15) is 4.79 Å². The average molecular weight is 409 g/mol. The minimum Gasteiger partial charge on any atom is -0.487 e. The van der Waals surface area contributed by atoms with Crippen molar-refractivity contribution in [2.45, 2.75) is 58.3 Å². The number of benzene rings is 1. The van der Waals surface area contributed by atoms with Crippen molar-refractivity contribution >= 4 is 5.91 Å². The van der Waals surface area contributed by atoms with E-state index in [2.05, 4.69) is 15.4 Å². The molecule has 1 amide bonds. The van der Waals surface area contributed by atoms with Gasteiger partial charge in [-0.2, -0.15) is 5.10 Å². The molecule has 0 saturated carbocycles. The molecule has 1 saturated heterocycles. The Balaban J connectivity index is 1.32. The van der Waals surface area contributed by atoms with Crippen molar-refractivity contribution in [1.82, 2.24) is 29.7 Å². The third-order valence-electron chi connectivity index (χ3n) is 5.50. The largest absolute Gasteiger partial charge is 0.487 e.